The average molecular weight is 329 g/mol. The molecule has 1 aromatic rings. The fraction of sp³-hybridized carbons (Fsp3) is 0.400. The highest BCUT2D eigenvalue weighted by molar-refractivity contribution is 5.39. The van der Waals surface area contributed by atoms with Crippen LogP contribution in [0.3, 0.4) is 0 Å². The monoisotopic (exact) mass is 329 g/mol. The first kappa shape index (κ1) is 17.2. The number of aliphatic hydroxyl groups is 1. The molecule has 0 saturated carbocycles. The highest BCUT2D eigenvalue weighted by Gasteiger charge is 2.38. The lowest BCUT2D eigenvalue weighted by Crippen LogP contribution is -2.37. The van der Waals surface area contributed by atoms with Gasteiger partial charge >= 0.3 is 6.18 Å². The van der Waals surface area contributed by atoms with Crippen molar-refractivity contribution >= 4 is 0 Å². The van der Waals surface area contributed by atoms with Crippen molar-refractivity contribution in [2.75, 3.05) is 13.2 Å². The molecule has 0 aliphatic carbocycles. The summed E-state index contributed by atoms with van der Waals surface area (Å²) in [6.07, 6.45) is -5.58. The quantitative estimate of drug-likeness (QED) is 0.834. The number of β-amino-alcohol motifs (C(OH)–C–C–N with tert-alkyl or cyclic N) is 1. The van der Waals surface area contributed by atoms with Crippen molar-refractivity contribution in [3.05, 3.63) is 46.4 Å². The number of nitrogens with zero attached hydrogens (tertiary/aromatic N) is 2. The summed E-state index contributed by atoms with van der Waals surface area (Å²) < 4.78 is 52.4. The van der Waals surface area contributed by atoms with Crippen LogP contribution in [-0.2, 0) is 0 Å². The standard InChI is InChI=1S/C15H15F4N3O/c1-9-13(7-15(17,18)19)22(4-5-23)21-14(9)11-3-2-10(8-20)6-12(11)16/h2-3,6,14,21,23H,4-5,7H2,1H3. The molecule has 8 heteroatoms. The van der Waals surface area contributed by atoms with Gasteiger partial charge in [-0.05, 0) is 24.6 Å². The summed E-state index contributed by atoms with van der Waals surface area (Å²) in [6.45, 7) is 1.11. The van der Waals surface area contributed by atoms with E-state index < -0.39 is 24.5 Å². The predicted octanol–water partition coefficient (Wildman–Crippen LogP) is 2.78. The van der Waals surface area contributed by atoms with E-state index in [0.29, 0.717) is 5.57 Å². The van der Waals surface area contributed by atoms with Crippen LogP contribution in [-0.4, -0.2) is 29.4 Å². The first-order valence-electron chi connectivity index (χ1n) is 6.87. The predicted molar refractivity (Wildman–Crippen MR) is 74.2 cm³/mol. The number of nitriles is 1. The lowest BCUT2D eigenvalue weighted by molar-refractivity contribution is -0.131. The van der Waals surface area contributed by atoms with Gasteiger partial charge in [0.05, 0.1) is 37.2 Å². The van der Waals surface area contributed by atoms with Crippen molar-refractivity contribution in [1.82, 2.24) is 10.4 Å². The SMILES string of the molecule is CC1=C(CC(F)(F)F)N(CCO)NC1c1ccc(C#N)cc1F. The zero-order valence-electron chi connectivity index (χ0n) is 12.3. The number of alkyl halides is 3. The van der Waals surface area contributed by atoms with Gasteiger partial charge in [-0.1, -0.05) is 6.07 Å². The first-order chi connectivity index (χ1) is 10.8. The van der Waals surface area contributed by atoms with Crippen LogP contribution >= 0.6 is 0 Å². The second-order valence-electron chi connectivity index (χ2n) is 5.21. The molecule has 1 unspecified atom stereocenters. The van der Waals surface area contributed by atoms with E-state index in [2.05, 4.69) is 5.43 Å². The molecule has 0 radical (unpaired) electrons. The summed E-state index contributed by atoms with van der Waals surface area (Å²) >= 11 is 0. The maximum atomic E-state index is 14.1. The Kier molecular flexibility index (Phi) is 4.92. The zero-order chi connectivity index (χ0) is 17.2. The van der Waals surface area contributed by atoms with Crippen molar-refractivity contribution in [3.8, 4) is 6.07 Å². The molecule has 124 valence electrons. The lowest BCUT2D eigenvalue weighted by atomic mass is 9.98. The molecular weight excluding hydrogens is 314 g/mol. The normalized spacial score (nSPS) is 18.5. The molecule has 0 bridgehead atoms. The van der Waals surface area contributed by atoms with E-state index in [1.54, 1.807) is 6.07 Å². The third kappa shape index (κ3) is 3.81. The second kappa shape index (κ2) is 6.56. The lowest BCUT2D eigenvalue weighted by Gasteiger charge is -2.24. The van der Waals surface area contributed by atoms with Crippen LogP contribution < -0.4 is 5.43 Å². The highest BCUT2D eigenvalue weighted by Crippen LogP contribution is 2.38. The van der Waals surface area contributed by atoms with Crippen molar-refractivity contribution < 1.29 is 22.7 Å². The molecule has 2 N–H and O–H groups in total. The Morgan fingerprint density at radius 1 is 1.39 bits per heavy atom. The Bertz CT molecular complexity index is 664. The van der Waals surface area contributed by atoms with Crippen LogP contribution in [0.15, 0.2) is 29.5 Å². The molecule has 0 amide bonds. The number of halogens is 4. The molecule has 0 aromatic heterocycles. The van der Waals surface area contributed by atoms with Gasteiger partial charge in [0, 0.05) is 11.3 Å². The molecule has 4 nitrogen and oxygen atoms in total. The van der Waals surface area contributed by atoms with E-state index in [-0.39, 0.29) is 30.0 Å². The number of aliphatic hydroxyl groups excluding tert-OH is 1. The van der Waals surface area contributed by atoms with Crippen LogP contribution in [0.1, 0.15) is 30.5 Å². The summed E-state index contributed by atoms with van der Waals surface area (Å²) in [5.74, 6) is -0.668. The maximum Gasteiger partial charge on any atom is 0.394 e. The average Bonchev–Trinajstić information content (AvgIpc) is 2.75. The minimum Gasteiger partial charge on any atom is -0.394 e. The summed E-state index contributed by atoms with van der Waals surface area (Å²) in [4.78, 5) is 0. The number of allylic oxidation sites excluding steroid dienone is 1. The largest absolute Gasteiger partial charge is 0.394 e. The van der Waals surface area contributed by atoms with Crippen molar-refractivity contribution in [2.45, 2.75) is 25.6 Å². The van der Waals surface area contributed by atoms with Gasteiger partial charge in [0.15, 0.2) is 0 Å². The van der Waals surface area contributed by atoms with Crippen LogP contribution in [0.2, 0.25) is 0 Å². The Morgan fingerprint density at radius 3 is 2.61 bits per heavy atom. The number of rotatable bonds is 4. The van der Waals surface area contributed by atoms with Crippen LogP contribution in [0.5, 0.6) is 0 Å². The molecule has 2 rings (SSSR count). The van der Waals surface area contributed by atoms with E-state index >= 15 is 0 Å². The van der Waals surface area contributed by atoms with Crippen LogP contribution in [0.25, 0.3) is 0 Å². The smallest absolute Gasteiger partial charge is 0.394 e. The van der Waals surface area contributed by atoms with Crippen molar-refractivity contribution in [3.63, 3.8) is 0 Å². The van der Waals surface area contributed by atoms with Gasteiger partial charge in [-0.3, -0.25) is 0 Å². The van der Waals surface area contributed by atoms with Crippen LogP contribution in [0.4, 0.5) is 17.6 Å². The van der Waals surface area contributed by atoms with E-state index in [4.69, 9.17) is 10.4 Å². The highest BCUT2D eigenvalue weighted by atomic mass is 19.4. The molecule has 1 aromatic carbocycles. The van der Waals surface area contributed by atoms with E-state index in [1.807, 2.05) is 0 Å². The summed E-state index contributed by atoms with van der Waals surface area (Å²) in [5.41, 5.74) is 3.38. The molecule has 0 saturated heterocycles. The van der Waals surface area contributed by atoms with Crippen molar-refractivity contribution in [2.24, 2.45) is 0 Å². The van der Waals surface area contributed by atoms with Gasteiger partial charge in [0.1, 0.15) is 5.82 Å². The van der Waals surface area contributed by atoms with Crippen LogP contribution in [0, 0.1) is 17.1 Å². The minimum absolute atomic E-state index is 0.0275. The fourth-order valence-electron chi connectivity index (χ4n) is 2.57. The maximum absolute atomic E-state index is 14.1. The molecule has 0 spiro atoms. The third-order valence-electron chi connectivity index (χ3n) is 3.63. The van der Waals surface area contributed by atoms with Crippen molar-refractivity contribution in [1.29, 1.82) is 5.26 Å². The zero-order valence-corrected chi connectivity index (χ0v) is 12.3. The number of hydrazine groups is 1. The number of hydrogen-bond donors (Lipinski definition) is 2. The summed E-state index contributed by atoms with van der Waals surface area (Å²) in [7, 11) is 0. The van der Waals surface area contributed by atoms with Gasteiger partial charge in [-0.25, -0.2) is 9.82 Å². The van der Waals surface area contributed by atoms with Gasteiger partial charge < -0.3 is 10.1 Å². The van der Waals surface area contributed by atoms with Gasteiger partial charge in [-0.15, -0.1) is 0 Å². The molecule has 0 fully saturated rings. The van der Waals surface area contributed by atoms with Gasteiger partial charge in [0.2, 0.25) is 0 Å². The number of hydrogen-bond acceptors (Lipinski definition) is 4. The molecule has 1 heterocycles. The minimum atomic E-state index is -4.41. The summed E-state index contributed by atoms with van der Waals surface area (Å²) in [5, 5.41) is 19.0. The molecule has 1 atom stereocenters. The molecular formula is C15H15F4N3O. The third-order valence-corrected chi connectivity index (χ3v) is 3.63. The fourth-order valence-corrected chi connectivity index (χ4v) is 2.57. The van der Waals surface area contributed by atoms with Gasteiger partial charge in [-0.2, -0.15) is 18.4 Å². The number of benzene rings is 1. The Hall–Kier alpha value is -2.11. The van der Waals surface area contributed by atoms with E-state index in [0.717, 1.165) is 6.07 Å². The molecule has 23 heavy (non-hydrogen) atoms. The van der Waals surface area contributed by atoms with E-state index in [9.17, 15) is 17.6 Å². The Balaban J connectivity index is 2.39. The first-order valence-corrected chi connectivity index (χ1v) is 6.87. The Labute approximate surface area is 130 Å². The number of nitrogens with one attached hydrogen (secondary N) is 1. The Morgan fingerprint density at radius 2 is 2.09 bits per heavy atom. The molecule has 1 aliphatic rings. The topological polar surface area (TPSA) is 59.3 Å². The summed E-state index contributed by atoms with van der Waals surface area (Å²) in [6, 6.07) is 4.86. The van der Waals surface area contributed by atoms with E-state index in [1.165, 1.54) is 24.1 Å². The molecule has 1 aliphatic heterocycles. The second-order valence-corrected chi connectivity index (χ2v) is 5.21. The van der Waals surface area contributed by atoms with Gasteiger partial charge in [0.25, 0.3) is 0 Å².